The lowest BCUT2D eigenvalue weighted by Gasteiger charge is -2.26. The number of rotatable bonds is 4. The lowest BCUT2D eigenvalue weighted by atomic mass is 9.86. The number of hydrogen-bond donors (Lipinski definition) is 1. The molecular weight excluding hydrogens is 374 g/mol. The van der Waals surface area contributed by atoms with Crippen molar-refractivity contribution in [2.24, 2.45) is 5.92 Å². The summed E-state index contributed by atoms with van der Waals surface area (Å²) in [5.41, 5.74) is 5.42. The molecule has 2 aromatic carbocycles. The van der Waals surface area contributed by atoms with Gasteiger partial charge < -0.3 is 5.11 Å². The number of aliphatic carboxylic acids is 1. The molecular formula is C25H23N3O2. The van der Waals surface area contributed by atoms with E-state index in [2.05, 4.69) is 46.1 Å². The fourth-order valence-electron chi connectivity index (χ4n) is 4.49. The van der Waals surface area contributed by atoms with E-state index in [4.69, 9.17) is 5.10 Å². The first-order valence-electron chi connectivity index (χ1n) is 10.4. The lowest BCUT2D eigenvalue weighted by molar-refractivity contribution is -0.143. The van der Waals surface area contributed by atoms with Crippen LogP contribution >= 0.6 is 0 Å². The summed E-state index contributed by atoms with van der Waals surface area (Å²) in [6.45, 7) is 0. The van der Waals surface area contributed by atoms with E-state index in [0.717, 1.165) is 35.0 Å². The van der Waals surface area contributed by atoms with E-state index < -0.39 is 5.97 Å². The van der Waals surface area contributed by atoms with Gasteiger partial charge in [0.15, 0.2) is 0 Å². The summed E-state index contributed by atoms with van der Waals surface area (Å²) in [4.78, 5) is 15.6. The molecule has 5 heteroatoms. The van der Waals surface area contributed by atoms with Crippen LogP contribution in [0.25, 0.3) is 33.3 Å². The molecule has 150 valence electrons. The molecule has 1 saturated carbocycles. The first-order chi connectivity index (χ1) is 14.7. The van der Waals surface area contributed by atoms with E-state index in [0.29, 0.717) is 12.8 Å². The van der Waals surface area contributed by atoms with Crippen molar-refractivity contribution in [3.8, 4) is 22.4 Å². The van der Waals surface area contributed by atoms with Gasteiger partial charge in [0.05, 0.1) is 17.5 Å². The van der Waals surface area contributed by atoms with Crippen molar-refractivity contribution in [3.63, 3.8) is 0 Å². The van der Waals surface area contributed by atoms with E-state index in [1.165, 1.54) is 11.1 Å². The molecule has 30 heavy (non-hydrogen) atoms. The standard InChI is InChI=1S/C25H23N3O2/c29-25(30)20-10-12-21(13-11-20)28-23-14-15-26-16-22(23)24(27-28)19-8-6-18(7-9-19)17-4-2-1-3-5-17/h1-9,14-16,20-21H,10-13H2,(H,29,30). The Balaban J connectivity index is 1.49. The lowest BCUT2D eigenvalue weighted by Crippen LogP contribution is -2.23. The van der Waals surface area contributed by atoms with Gasteiger partial charge in [-0.05, 0) is 42.9 Å². The molecule has 5 rings (SSSR count). The van der Waals surface area contributed by atoms with Gasteiger partial charge in [0.2, 0.25) is 0 Å². The summed E-state index contributed by atoms with van der Waals surface area (Å²) in [6, 6.07) is 21.0. The molecule has 5 nitrogen and oxygen atoms in total. The van der Waals surface area contributed by atoms with E-state index in [1.807, 2.05) is 30.5 Å². The van der Waals surface area contributed by atoms with E-state index in [-0.39, 0.29) is 12.0 Å². The number of carboxylic acids is 1. The summed E-state index contributed by atoms with van der Waals surface area (Å²) >= 11 is 0. The maximum Gasteiger partial charge on any atom is 0.306 e. The Morgan fingerprint density at radius 1 is 0.867 bits per heavy atom. The SMILES string of the molecule is O=C(O)C1CCC(n2nc(-c3ccc(-c4ccccc4)cc3)c3cnccc32)CC1. The summed E-state index contributed by atoms with van der Waals surface area (Å²) in [5, 5.41) is 15.3. The quantitative estimate of drug-likeness (QED) is 0.488. The summed E-state index contributed by atoms with van der Waals surface area (Å²) in [7, 11) is 0. The van der Waals surface area contributed by atoms with Crippen LogP contribution in [-0.4, -0.2) is 25.8 Å². The number of nitrogens with zero attached hydrogens (tertiary/aromatic N) is 3. The number of benzene rings is 2. The van der Waals surface area contributed by atoms with Crippen LogP contribution < -0.4 is 0 Å². The minimum atomic E-state index is -0.679. The molecule has 0 aliphatic heterocycles. The number of carboxylic acid groups (broad SMARTS) is 1. The fourth-order valence-corrected chi connectivity index (χ4v) is 4.49. The van der Waals surface area contributed by atoms with Gasteiger partial charge in [0.25, 0.3) is 0 Å². The molecule has 2 heterocycles. The predicted molar refractivity (Wildman–Crippen MR) is 117 cm³/mol. The average molecular weight is 397 g/mol. The van der Waals surface area contributed by atoms with Crippen LogP contribution in [0, 0.1) is 5.92 Å². The molecule has 1 aliphatic rings. The van der Waals surface area contributed by atoms with Gasteiger partial charge in [-0.2, -0.15) is 5.10 Å². The first kappa shape index (κ1) is 18.6. The normalized spacial score (nSPS) is 19.1. The Morgan fingerprint density at radius 2 is 1.53 bits per heavy atom. The van der Waals surface area contributed by atoms with Gasteiger partial charge in [0.1, 0.15) is 5.69 Å². The highest BCUT2D eigenvalue weighted by molar-refractivity contribution is 5.93. The fraction of sp³-hybridized carbons (Fsp3) is 0.240. The Hall–Kier alpha value is -3.47. The second-order valence-corrected chi connectivity index (χ2v) is 7.97. The minimum Gasteiger partial charge on any atom is -0.481 e. The summed E-state index contributed by atoms with van der Waals surface area (Å²) < 4.78 is 2.09. The third-order valence-corrected chi connectivity index (χ3v) is 6.17. The van der Waals surface area contributed by atoms with Crippen LogP contribution in [0.1, 0.15) is 31.7 Å². The van der Waals surface area contributed by atoms with Crippen LogP contribution in [0.15, 0.2) is 73.1 Å². The van der Waals surface area contributed by atoms with Crippen LogP contribution in [0.5, 0.6) is 0 Å². The third kappa shape index (κ3) is 3.36. The van der Waals surface area contributed by atoms with E-state index in [1.54, 1.807) is 6.20 Å². The van der Waals surface area contributed by atoms with Crippen LogP contribution in [0.2, 0.25) is 0 Å². The highest BCUT2D eigenvalue weighted by Crippen LogP contribution is 2.37. The van der Waals surface area contributed by atoms with E-state index >= 15 is 0 Å². The predicted octanol–water partition coefficient (Wildman–Crippen LogP) is 5.58. The maximum atomic E-state index is 11.3. The van der Waals surface area contributed by atoms with Crippen molar-refractivity contribution < 1.29 is 9.90 Å². The molecule has 1 N–H and O–H groups in total. The molecule has 0 radical (unpaired) electrons. The van der Waals surface area contributed by atoms with Crippen molar-refractivity contribution in [2.45, 2.75) is 31.7 Å². The van der Waals surface area contributed by atoms with Gasteiger partial charge in [0, 0.05) is 23.3 Å². The highest BCUT2D eigenvalue weighted by Gasteiger charge is 2.28. The monoisotopic (exact) mass is 397 g/mol. The smallest absolute Gasteiger partial charge is 0.306 e. The van der Waals surface area contributed by atoms with E-state index in [9.17, 15) is 9.90 Å². The van der Waals surface area contributed by atoms with Gasteiger partial charge in [-0.15, -0.1) is 0 Å². The molecule has 0 bridgehead atoms. The van der Waals surface area contributed by atoms with Crippen LogP contribution in [0.3, 0.4) is 0 Å². The topological polar surface area (TPSA) is 68.0 Å². The maximum absolute atomic E-state index is 11.3. The minimum absolute atomic E-state index is 0.225. The number of carbonyl (C=O) groups is 1. The zero-order chi connectivity index (χ0) is 20.5. The zero-order valence-corrected chi connectivity index (χ0v) is 16.6. The molecule has 0 spiro atoms. The van der Waals surface area contributed by atoms with Crippen molar-refractivity contribution in [3.05, 3.63) is 73.1 Å². The first-order valence-corrected chi connectivity index (χ1v) is 10.4. The number of hydrogen-bond acceptors (Lipinski definition) is 3. The molecule has 0 unspecified atom stereocenters. The molecule has 4 aromatic rings. The molecule has 1 fully saturated rings. The average Bonchev–Trinajstić information content (AvgIpc) is 3.20. The Bertz CT molecular complexity index is 1170. The van der Waals surface area contributed by atoms with Crippen molar-refractivity contribution in [1.82, 2.24) is 14.8 Å². The molecule has 0 saturated heterocycles. The molecule has 0 amide bonds. The number of aromatic nitrogens is 3. The van der Waals surface area contributed by atoms with Crippen molar-refractivity contribution in [1.29, 1.82) is 0 Å². The van der Waals surface area contributed by atoms with Gasteiger partial charge >= 0.3 is 5.97 Å². The second kappa shape index (κ2) is 7.75. The van der Waals surface area contributed by atoms with Crippen molar-refractivity contribution in [2.75, 3.05) is 0 Å². The molecule has 2 aromatic heterocycles. The zero-order valence-electron chi connectivity index (χ0n) is 16.6. The van der Waals surface area contributed by atoms with Crippen LogP contribution in [-0.2, 0) is 4.79 Å². The molecule has 0 atom stereocenters. The van der Waals surface area contributed by atoms with Crippen molar-refractivity contribution >= 4 is 16.9 Å². The Kier molecular flexibility index (Phi) is 4.79. The Labute approximate surface area is 175 Å². The second-order valence-electron chi connectivity index (χ2n) is 7.97. The van der Waals surface area contributed by atoms with Crippen LogP contribution in [0.4, 0.5) is 0 Å². The number of fused-ring (bicyclic) bond motifs is 1. The largest absolute Gasteiger partial charge is 0.481 e. The third-order valence-electron chi connectivity index (χ3n) is 6.17. The summed E-state index contributed by atoms with van der Waals surface area (Å²) in [5.74, 6) is -0.906. The van der Waals surface area contributed by atoms with Gasteiger partial charge in [-0.1, -0.05) is 54.6 Å². The highest BCUT2D eigenvalue weighted by atomic mass is 16.4. The Morgan fingerprint density at radius 3 is 2.23 bits per heavy atom. The summed E-state index contributed by atoms with van der Waals surface area (Å²) in [6.07, 6.45) is 6.75. The number of pyridine rings is 1. The van der Waals surface area contributed by atoms with Gasteiger partial charge in [-0.3, -0.25) is 14.5 Å². The molecule has 1 aliphatic carbocycles. The van der Waals surface area contributed by atoms with Gasteiger partial charge in [-0.25, -0.2) is 0 Å².